The molecule has 0 unspecified atom stereocenters. The van der Waals surface area contributed by atoms with Crippen LogP contribution < -0.4 is 14.8 Å². The van der Waals surface area contributed by atoms with Gasteiger partial charge in [-0.15, -0.1) is 0 Å². The number of carbonyl (C=O) groups is 4. The Kier molecular flexibility index (Phi) is 4.54. The van der Waals surface area contributed by atoms with Crippen molar-refractivity contribution in [2.45, 2.75) is 18.9 Å². The zero-order chi connectivity index (χ0) is 20.6. The Morgan fingerprint density at radius 2 is 1.86 bits per heavy atom. The van der Waals surface area contributed by atoms with Crippen LogP contribution in [0.4, 0.5) is 4.79 Å². The lowest BCUT2D eigenvalue weighted by Gasteiger charge is -2.33. The monoisotopic (exact) mass is 394 g/mol. The summed E-state index contributed by atoms with van der Waals surface area (Å²) in [5.74, 6) is -0.631. The zero-order valence-corrected chi connectivity index (χ0v) is 15.6. The van der Waals surface area contributed by atoms with Gasteiger partial charge in [-0.3, -0.25) is 14.5 Å². The minimum atomic E-state index is -1.24. The molecular formula is C21H18N2O6. The predicted molar refractivity (Wildman–Crippen MR) is 101 cm³/mol. The van der Waals surface area contributed by atoms with Crippen LogP contribution in [0.3, 0.4) is 0 Å². The van der Waals surface area contributed by atoms with Gasteiger partial charge in [0.05, 0.1) is 6.61 Å². The molecule has 2 aromatic carbocycles. The molecule has 0 aliphatic carbocycles. The molecule has 3 amide bonds. The van der Waals surface area contributed by atoms with Crippen LogP contribution in [0.15, 0.2) is 48.5 Å². The highest BCUT2D eigenvalue weighted by molar-refractivity contribution is 6.09. The van der Waals surface area contributed by atoms with Gasteiger partial charge in [-0.1, -0.05) is 18.2 Å². The highest BCUT2D eigenvalue weighted by atomic mass is 16.5. The first-order valence-electron chi connectivity index (χ1n) is 9.09. The summed E-state index contributed by atoms with van der Waals surface area (Å²) in [6.07, 6.45) is 0.270. The third-order valence-corrected chi connectivity index (χ3v) is 5.04. The Bertz CT molecular complexity index is 1020. The number of hydrogen-bond acceptors (Lipinski definition) is 6. The van der Waals surface area contributed by atoms with Crippen molar-refractivity contribution < 1.29 is 28.7 Å². The van der Waals surface area contributed by atoms with Crippen LogP contribution >= 0.6 is 0 Å². The molecule has 0 aromatic heterocycles. The van der Waals surface area contributed by atoms with Gasteiger partial charge in [0.1, 0.15) is 18.0 Å². The molecule has 1 saturated heterocycles. The maximum absolute atomic E-state index is 13.1. The smallest absolute Gasteiger partial charge is 0.331 e. The average molecular weight is 394 g/mol. The molecule has 1 fully saturated rings. The van der Waals surface area contributed by atoms with Crippen molar-refractivity contribution in [1.82, 2.24) is 10.2 Å². The highest BCUT2D eigenvalue weighted by Crippen LogP contribution is 2.40. The molecule has 0 saturated carbocycles. The second kappa shape index (κ2) is 7.05. The molecule has 1 spiro atoms. The van der Waals surface area contributed by atoms with Gasteiger partial charge >= 0.3 is 12.0 Å². The minimum absolute atomic E-state index is 0.107. The largest absolute Gasteiger partial charge is 0.493 e. The topological polar surface area (TPSA) is 102 Å². The fourth-order valence-corrected chi connectivity index (χ4v) is 3.57. The van der Waals surface area contributed by atoms with Crippen molar-refractivity contribution >= 4 is 23.7 Å². The molecule has 2 aliphatic rings. The van der Waals surface area contributed by atoms with E-state index >= 15 is 0 Å². The quantitative estimate of drug-likeness (QED) is 0.368. The van der Waals surface area contributed by atoms with Gasteiger partial charge in [-0.2, -0.15) is 0 Å². The standard InChI is InChI=1S/C21H18N2O6/c1-13(24)14-6-8-15(9-7-14)29-18(25)12-23-19(26)21(22-20(23)27)10-11-28-17-5-3-2-4-16(17)21/h2-9H,10-12H2,1H3,(H,22,27)/t21-/m0/s1. The molecule has 2 aliphatic heterocycles. The van der Waals surface area contributed by atoms with Gasteiger partial charge in [-0.25, -0.2) is 9.59 Å². The zero-order valence-electron chi connectivity index (χ0n) is 15.6. The van der Waals surface area contributed by atoms with E-state index in [-0.39, 0.29) is 24.6 Å². The first-order valence-corrected chi connectivity index (χ1v) is 9.09. The number of urea groups is 1. The summed E-state index contributed by atoms with van der Waals surface area (Å²) in [4.78, 5) is 50.1. The van der Waals surface area contributed by atoms with E-state index in [1.54, 1.807) is 24.3 Å². The summed E-state index contributed by atoms with van der Waals surface area (Å²) in [5.41, 5.74) is -0.186. The SMILES string of the molecule is CC(=O)c1ccc(OC(=O)CN2C(=O)N[C@]3(CCOc4ccccc43)C2=O)cc1. The lowest BCUT2D eigenvalue weighted by atomic mass is 9.84. The summed E-state index contributed by atoms with van der Waals surface area (Å²) < 4.78 is 10.8. The number of ether oxygens (including phenoxy) is 2. The number of benzene rings is 2. The second-order valence-corrected chi connectivity index (χ2v) is 6.88. The normalized spacial score (nSPS) is 20.1. The number of nitrogens with zero attached hydrogens (tertiary/aromatic N) is 1. The van der Waals surface area contributed by atoms with Gasteiger partial charge < -0.3 is 14.8 Å². The number of para-hydroxylation sites is 1. The Morgan fingerprint density at radius 1 is 1.14 bits per heavy atom. The van der Waals surface area contributed by atoms with Crippen LogP contribution in [0.1, 0.15) is 29.3 Å². The number of ketones is 1. The number of amides is 3. The number of Topliss-reactive ketones (excluding diaryl/α,β-unsaturated/α-hetero) is 1. The van der Waals surface area contributed by atoms with Crippen LogP contribution in [0.5, 0.6) is 11.5 Å². The van der Waals surface area contributed by atoms with Crippen LogP contribution in [0, 0.1) is 0 Å². The van der Waals surface area contributed by atoms with E-state index in [0.717, 1.165) is 4.90 Å². The molecule has 0 bridgehead atoms. The van der Waals surface area contributed by atoms with Crippen molar-refractivity contribution in [3.63, 3.8) is 0 Å². The van der Waals surface area contributed by atoms with Gasteiger partial charge in [0.25, 0.3) is 5.91 Å². The Morgan fingerprint density at radius 3 is 2.59 bits per heavy atom. The van der Waals surface area contributed by atoms with Crippen LogP contribution in [0.25, 0.3) is 0 Å². The van der Waals surface area contributed by atoms with Crippen LogP contribution in [-0.4, -0.2) is 41.7 Å². The van der Waals surface area contributed by atoms with E-state index in [4.69, 9.17) is 9.47 Å². The number of esters is 1. The van der Waals surface area contributed by atoms with Crippen LogP contribution in [0.2, 0.25) is 0 Å². The highest BCUT2D eigenvalue weighted by Gasteiger charge is 2.55. The minimum Gasteiger partial charge on any atom is -0.493 e. The van der Waals surface area contributed by atoms with E-state index in [2.05, 4.69) is 5.32 Å². The summed E-state index contributed by atoms with van der Waals surface area (Å²) in [6, 6.07) is 12.4. The third kappa shape index (κ3) is 3.22. The summed E-state index contributed by atoms with van der Waals surface area (Å²) in [5, 5.41) is 2.73. The van der Waals surface area contributed by atoms with Gasteiger partial charge in [0.2, 0.25) is 0 Å². The van der Waals surface area contributed by atoms with E-state index in [1.165, 1.54) is 31.2 Å². The van der Waals surface area contributed by atoms with E-state index < -0.39 is 30.0 Å². The fraction of sp³-hybridized carbons (Fsp3) is 0.238. The number of carbonyl (C=O) groups excluding carboxylic acids is 4. The van der Waals surface area contributed by atoms with Crippen molar-refractivity contribution in [3.05, 3.63) is 59.7 Å². The Balaban J connectivity index is 1.50. The Hall–Kier alpha value is -3.68. The number of nitrogens with one attached hydrogen (secondary N) is 1. The second-order valence-electron chi connectivity index (χ2n) is 6.88. The number of rotatable bonds is 4. The van der Waals surface area contributed by atoms with Crippen molar-refractivity contribution in [1.29, 1.82) is 0 Å². The molecule has 4 rings (SSSR count). The van der Waals surface area contributed by atoms with Crippen molar-refractivity contribution in [2.75, 3.05) is 13.2 Å². The fourth-order valence-electron chi connectivity index (χ4n) is 3.57. The van der Waals surface area contributed by atoms with Crippen LogP contribution in [-0.2, 0) is 15.1 Å². The molecule has 2 heterocycles. The van der Waals surface area contributed by atoms with E-state index in [9.17, 15) is 19.2 Å². The molecule has 8 nitrogen and oxygen atoms in total. The molecule has 1 N–H and O–H groups in total. The van der Waals surface area contributed by atoms with Crippen molar-refractivity contribution in [3.8, 4) is 11.5 Å². The number of imide groups is 1. The lowest BCUT2D eigenvalue weighted by molar-refractivity contribution is -0.141. The third-order valence-electron chi connectivity index (χ3n) is 5.04. The molecule has 148 valence electrons. The first-order chi connectivity index (χ1) is 13.9. The summed E-state index contributed by atoms with van der Waals surface area (Å²) in [6.45, 7) is 1.18. The molecule has 2 aromatic rings. The average Bonchev–Trinajstić information content (AvgIpc) is 2.93. The lowest BCUT2D eigenvalue weighted by Crippen LogP contribution is -2.47. The first kappa shape index (κ1) is 18.7. The van der Waals surface area contributed by atoms with E-state index in [0.29, 0.717) is 16.9 Å². The van der Waals surface area contributed by atoms with Gasteiger partial charge in [-0.05, 0) is 37.3 Å². The van der Waals surface area contributed by atoms with Crippen molar-refractivity contribution in [2.24, 2.45) is 0 Å². The maximum atomic E-state index is 13.1. The molecule has 1 atom stereocenters. The molecular weight excluding hydrogens is 376 g/mol. The Labute approximate surface area is 166 Å². The maximum Gasteiger partial charge on any atom is 0.331 e. The number of hydrogen-bond donors (Lipinski definition) is 1. The van der Waals surface area contributed by atoms with E-state index in [1.807, 2.05) is 0 Å². The summed E-state index contributed by atoms with van der Waals surface area (Å²) >= 11 is 0. The number of fused-ring (bicyclic) bond motifs is 2. The predicted octanol–water partition coefficient (Wildman–Crippen LogP) is 2.02. The van der Waals surface area contributed by atoms with Gasteiger partial charge in [0.15, 0.2) is 11.3 Å². The molecule has 8 heteroatoms. The molecule has 0 radical (unpaired) electrons. The summed E-state index contributed by atoms with van der Waals surface area (Å²) in [7, 11) is 0. The van der Waals surface area contributed by atoms with Gasteiger partial charge in [0, 0.05) is 17.5 Å². The molecule has 29 heavy (non-hydrogen) atoms.